The number of hydrogen-bond acceptors (Lipinski definition) is 6. The molecule has 2 atom stereocenters. The Morgan fingerprint density at radius 2 is 1.32 bits per heavy atom. The standard InChI is InChI=1S/C36H41N3O5/c37-35(40)31-18-10-11-23-39(31)36(41)38-22-21-30-19-20-32(42-24-27-12-4-1-5-13-27)34(44-26-29-16-8-3-9-17-29)33(30)43-25-28-14-6-2-7-15-28/h1-9,12-17,19-20,31,35,40H,10-11,18,21-26,37H2,(H,38,41). The first kappa shape index (κ1) is 30.9. The molecule has 4 aromatic rings. The molecule has 1 saturated heterocycles. The van der Waals surface area contributed by atoms with E-state index in [-0.39, 0.29) is 12.1 Å². The predicted octanol–water partition coefficient (Wildman–Crippen LogP) is 5.81. The molecule has 1 fully saturated rings. The molecule has 5 rings (SSSR count). The van der Waals surface area contributed by atoms with Crippen molar-refractivity contribution < 1.29 is 24.1 Å². The molecule has 0 saturated carbocycles. The fourth-order valence-corrected chi connectivity index (χ4v) is 5.36. The van der Waals surface area contributed by atoms with Crippen LogP contribution in [0.5, 0.6) is 17.2 Å². The summed E-state index contributed by atoms with van der Waals surface area (Å²) >= 11 is 0. The number of piperidine rings is 1. The molecule has 1 aliphatic heterocycles. The number of aliphatic hydroxyl groups excluding tert-OH is 1. The third-order valence-corrected chi connectivity index (χ3v) is 7.72. The molecule has 2 amide bonds. The van der Waals surface area contributed by atoms with Gasteiger partial charge in [-0.3, -0.25) is 0 Å². The van der Waals surface area contributed by atoms with Crippen molar-refractivity contribution in [3.63, 3.8) is 0 Å². The summed E-state index contributed by atoms with van der Waals surface area (Å²) in [5.74, 6) is 1.68. The van der Waals surface area contributed by atoms with Crippen LogP contribution in [-0.4, -0.2) is 41.4 Å². The van der Waals surface area contributed by atoms with Crippen LogP contribution in [0.3, 0.4) is 0 Å². The zero-order valence-corrected chi connectivity index (χ0v) is 24.9. The number of nitrogens with two attached hydrogens (primary N) is 1. The van der Waals surface area contributed by atoms with Crippen LogP contribution in [0.1, 0.15) is 41.5 Å². The van der Waals surface area contributed by atoms with Crippen molar-refractivity contribution >= 4 is 6.03 Å². The van der Waals surface area contributed by atoms with Gasteiger partial charge in [0.25, 0.3) is 0 Å². The van der Waals surface area contributed by atoms with Crippen LogP contribution in [0.15, 0.2) is 103 Å². The van der Waals surface area contributed by atoms with E-state index in [4.69, 9.17) is 19.9 Å². The Hall–Kier alpha value is -4.53. The Labute approximate surface area is 259 Å². The summed E-state index contributed by atoms with van der Waals surface area (Å²) in [6.07, 6.45) is 1.96. The molecule has 4 aromatic carbocycles. The lowest BCUT2D eigenvalue weighted by Gasteiger charge is -2.37. The Morgan fingerprint density at radius 3 is 1.89 bits per heavy atom. The molecule has 0 bridgehead atoms. The molecule has 4 N–H and O–H groups in total. The summed E-state index contributed by atoms with van der Waals surface area (Å²) in [6, 6.07) is 33.2. The lowest BCUT2D eigenvalue weighted by Crippen LogP contribution is -2.55. The molecule has 8 heteroatoms. The van der Waals surface area contributed by atoms with Gasteiger partial charge in [0.15, 0.2) is 11.5 Å². The number of hydrogen-bond donors (Lipinski definition) is 3. The number of urea groups is 1. The van der Waals surface area contributed by atoms with Gasteiger partial charge in [-0.2, -0.15) is 0 Å². The number of aliphatic hydroxyl groups is 1. The molecule has 44 heavy (non-hydrogen) atoms. The number of nitrogens with one attached hydrogen (secondary N) is 1. The molecular weight excluding hydrogens is 554 g/mol. The summed E-state index contributed by atoms with van der Waals surface area (Å²) < 4.78 is 19.2. The van der Waals surface area contributed by atoms with Crippen LogP contribution >= 0.6 is 0 Å². The van der Waals surface area contributed by atoms with Gasteiger partial charge in [0.2, 0.25) is 5.75 Å². The second-order valence-electron chi connectivity index (χ2n) is 10.9. The third kappa shape index (κ3) is 8.52. The van der Waals surface area contributed by atoms with E-state index in [1.807, 2.05) is 103 Å². The molecule has 0 radical (unpaired) electrons. The molecule has 1 aliphatic rings. The van der Waals surface area contributed by atoms with Gasteiger partial charge >= 0.3 is 6.03 Å². The Kier molecular flexibility index (Phi) is 11.1. The smallest absolute Gasteiger partial charge is 0.317 e. The first-order valence-electron chi connectivity index (χ1n) is 15.2. The van der Waals surface area contributed by atoms with E-state index < -0.39 is 6.23 Å². The Bertz CT molecular complexity index is 1450. The summed E-state index contributed by atoms with van der Waals surface area (Å²) in [6.45, 7) is 1.99. The average molecular weight is 596 g/mol. The number of amides is 2. The van der Waals surface area contributed by atoms with Gasteiger partial charge in [-0.25, -0.2) is 4.79 Å². The molecule has 230 valence electrons. The van der Waals surface area contributed by atoms with Gasteiger partial charge < -0.3 is 35.3 Å². The Morgan fingerprint density at radius 1 is 0.773 bits per heavy atom. The minimum Gasteiger partial charge on any atom is -0.485 e. The van der Waals surface area contributed by atoms with E-state index >= 15 is 0 Å². The summed E-state index contributed by atoms with van der Waals surface area (Å²) in [5, 5.41) is 13.0. The van der Waals surface area contributed by atoms with Gasteiger partial charge in [-0.15, -0.1) is 0 Å². The maximum atomic E-state index is 13.1. The average Bonchev–Trinajstić information content (AvgIpc) is 3.07. The van der Waals surface area contributed by atoms with Gasteiger partial charge in [-0.05, 0) is 48.4 Å². The summed E-state index contributed by atoms with van der Waals surface area (Å²) in [5.41, 5.74) is 9.73. The third-order valence-electron chi connectivity index (χ3n) is 7.72. The van der Waals surface area contributed by atoms with Crippen molar-refractivity contribution in [3.05, 3.63) is 125 Å². The fourth-order valence-electron chi connectivity index (χ4n) is 5.36. The maximum absolute atomic E-state index is 13.1. The van der Waals surface area contributed by atoms with E-state index in [9.17, 15) is 9.90 Å². The predicted molar refractivity (Wildman–Crippen MR) is 170 cm³/mol. The largest absolute Gasteiger partial charge is 0.485 e. The SMILES string of the molecule is NC(O)C1CCCCN1C(=O)NCCc1ccc(OCc2ccccc2)c(OCc2ccccc2)c1OCc1ccccc1. The van der Waals surface area contributed by atoms with Crippen molar-refractivity contribution in [2.24, 2.45) is 5.73 Å². The van der Waals surface area contributed by atoms with Crippen LogP contribution in [0.2, 0.25) is 0 Å². The van der Waals surface area contributed by atoms with E-state index in [1.165, 1.54) is 0 Å². The summed E-state index contributed by atoms with van der Waals surface area (Å²) in [7, 11) is 0. The number of carbonyl (C=O) groups excluding carboxylic acids is 1. The second kappa shape index (κ2) is 15.8. The fraction of sp³-hybridized carbons (Fsp3) is 0.306. The molecule has 0 aromatic heterocycles. The lowest BCUT2D eigenvalue weighted by molar-refractivity contribution is 0.0494. The lowest BCUT2D eigenvalue weighted by atomic mass is 10.0. The van der Waals surface area contributed by atoms with E-state index in [2.05, 4.69) is 5.32 Å². The van der Waals surface area contributed by atoms with Crippen molar-refractivity contribution in [3.8, 4) is 17.2 Å². The van der Waals surface area contributed by atoms with Gasteiger partial charge in [0.1, 0.15) is 26.0 Å². The van der Waals surface area contributed by atoms with Crippen molar-refractivity contribution in [1.82, 2.24) is 10.2 Å². The van der Waals surface area contributed by atoms with Crippen LogP contribution < -0.4 is 25.3 Å². The topological polar surface area (TPSA) is 106 Å². The van der Waals surface area contributed by atoms with Crippen LogP contribution in [0.25, 0.3) is 0 Å². The monoisotopic (exact) mass is 595 g/mol. The van der Waals surface area contributed by atoms with Crippen LogP contribution in [-0.2, 0) is 26.2 Å². The number of nitrogens with zero attached hydrogens (tertiary/aromatic N) is 1. The number of carbonyl (C=O) groups is 1. The van der Waals surface area contributed by atoms with Crippen molar-refractivity contribution in [2.75, 3.05) is 13.1 Å². The highest BCUT2D eigenvalue weighted by molar-refractivity contribution is 5.74. The molecule has 8 nitrogen and oxygen atoms in total. The first-order chi connectivity index (χ1) is 21.6. The first-order valence-corrected chi connectivity index (χ1v) is 15.2. The molecular formula is C36H41N3O5. The maximum Gasteiger partial charge on any atom is 0.317 e. The summed E-state index contributed by atoms with van der Waals surface area (Å²) in [4.78, 5) is 14.7. The number of benzene rings is 4. The number of rotatable bonds is 13. The van der Waals surface area contributed by atoms with Crippen LogP contribution in [0, 0.1) is 0 Å². The van der Waals surface area contributed by atoms with Gasteiger partial charge in [0.05, 0.1) is 6.04 Å². The van der Waals surface area contributed by atoms with Gasteiger partial charge in [-0.1, -0.05) is 97.1 Å². The normalized spacial score (nSPS) is 15.3. The molecule has 1 heterocycles. The van der Waals surface area contributed by atoms with Crippen molar-refractivity contribution in [2.45, 2.75) is 57.8 Å². The minimum atomic E-state index is -1.06. The highest BCUT2D eigenvalue weighted by Gasteiger charge is 2.30. The Balaban J connectivity index is 1.39. The minimum absolute atomic E-state index is 0.227. The zero-order valence-electron chi connectivity index (χ0n) is 24.9. The van der Waals surface area contributed by atoms with Gasteiger partial charge in [0, 0.05) is 18.7 Å². The molecule has 2 unspecified atom stereocenters. The number of ether oxygens (including phenoxy) is 3. The second-order valence-corrected chi connectivity index (χ2v) is 10.9. The molecule has 0 aliphatic carbocycles. The zero-order chi connectivity index (χ0) is 30.6. The highest BCUT2D eigenvalue weighted by atomic mass is 16.5. The van der Waals surface area contributed by atoms with E-state index in [0.717, 1.165) is 35.1 Å². The quantitative estimate of drug-likeness (QED) is 0.169. The number of likely N-dealkylation sites (tertiary alicyclic amines) is 1. The van der Waals surface area contributed by atoms with Crippen molar-refractivity contribution in [1.29, 1.82) is 0 Å². The van der Waals surface area contributed by atoms with E-state index in [0.29, 0.717) is 63.0 Å². The van der Waals surface area contributed by atoms with E-state index in [1.54, 1.807) is 4.90 Å². The molecule has 0 spiro atoms. The highest BCUT2D eigenvalue weighted by Crippen LogP contribution is 2.42. The van der Waals surface area contributed by atoms with Crippen LogP contribution in [0.4, 0.5) is 4.79 Å².